The molecule has 0 radical (unpaired) electrons. The number of hydrogen-bond donors (Lipinski definition) is 3. The quantitative estimate of drug-likeness (QED) is 0.207. The van der Waals surface area contributed by atoms with Crippen LogP contribution in [0, 0.1) is 0 Å². The van der Waals surface area contributed by atoms with E-state index in [2.05, 4.69) is 40.0 Å². The van der Waals surface area contributed by atoms with Gasteiger partial charge in [0.2, 0.25) is 0 Å². The summed E-state index contributed by atoms with van der Waals surface area (Å²) in [4.78, 5) is 19.4. The molecule has 0 bridgehead atoms. The molecule has 2 rings (SSSR count). The number of hydrogen-bond acceptors (Lipinski definition) is 4. The highest BCUT2D eigenvalue weighted by molar-refractivity contribution is 14.0. The summed E-state index contributed by atoms with van der Waals surface area (Å²) >= 11 is 1.80. The van der Waals surface area contributed by atoms with Crippen LogP contribution in [0.3, 0.4) is 0 Å². The molecule has 28 heavy (non-hydrogen) atoms. The lowest BCUT2D eigenvalue weighted by atomic mass is 10.2. The topological polar surface area (TPSA) is 74.8 Å². The van der Waals surface area contributed by atoms with Crippen LogP contribution >= 0.6 is 35.3 Å². The molecule has 0 spiro atoms. The van der Waals surface area contributed by atoms with Crippen LogP contribution in [0.1, 0.15) is 34.0 Å². The smallest absolute Gasteiger partial charge is 0.251 e. The van der Waals surface area contributed by atoms with Crippen molar-refractivity contribution in [1.82, 2.24) is 16.0 Å². The van der Waals surface area contributed by atoms with Gasteiger partial charge in [-0.1, -0.05) is 6.92 Å². The summed E-state index contributed by atoms with van der Waals surface area (Å²) in [5.74, 6) is 1.38. The maximum atomic E-state index is 12.1. The molecule has 1 aromatic carbocycles. The molecule has 0 aliphatic rings. The summed E-state index contributed by atoms with van der Waals surface area (Å²) < 4.78 is 5.10. The summed E-state index contributed by atoms with van der Waals surface area (Å²) in [5.41, 5.74) is 0.612. The molecule has 0 atom stereocenters. The molecule has 0 fully saturated rings. The lowest BCUT2D eigenvalue weighted by Crippen LogP contribution is -2.41. The monoisotopic (exact) mass is 516 g/mol. The number of guanidine groups is 1. The van der Waals surface area contributed by atoms with Crippen molar-refractivity contribution < 1.29 is 9.53 Å². The zero-order valence-electron chi connectivity index (χ0n) is 16.6. The normalized spacial score (nSPS) is 10.8. The Balaban J connectivity index is 0.00000392. The van der Waals surface area contributed by atoms with Crippen molar-refractivity contribution in [2.75, 3.05) is 26.7 Å². The van der Waals surface area contributed by atoms with Gasteiger partial charge in [-0.25, -0.2) is 4.99 Å². The minimum absolute atomic E-state index is 0. The second kappa shape index (κ2) is 13.4. The highest BCUT2D eigenvalue weighted by Crippen LogP contribution is 2.17. The fourth-order valence-electron chi connectivity index (χ4n) is 2.40. The first kappa shape index (κ1) is 24.2. The predicted molar refractivity (Wildman–Crippen MR) is 127 cm³/mol. The largest absolute Gasteiger partial charge is 0.497 e. The number of halogens is 1. The molecule has 3 N–H and O–H groups in total. The molecular weight excluding hydrogens is 487 g/mol. The SMILES string of the molecule is CCNC(=NCc1ccc(CC)s1)NCCNC(=O)c1ccc(OC)cc1.I. The maximum Gasteiger partial charge on any atom is 0.251 e. The van der Waals surface area contributed by atoms with Crippen molar-refractivity contribution in [2.45, 2.75) is 26.8 Å². The maximum absolute atomic E-state index is 12.1. The third kappa shape index (κ3) is 8.05. The number of rotatable bonds is 9. The number of nitrogens with zero attached hydrogens (tertiary/aromatic N) is 1. The van der Waals surface area contributed by atoms with Crippen LogP contribution in [0.2, 0.25) is 0 Å². The number of ether oxygens (including phenoxy) is 1. The molecule has 0 aliphatic heterocycles. The zero-order valence-corrected chi connectivity index (χ0v) is 19.7. The van der Waals surface area contributed by atoms with E-state index in [0.717, 1.165) is 24.7 Å². The van der Waals surface area contributed by atoms with E-state index < -0.39 is 0 Å². The zero-order chi connectivity index (χ0) is 19.5. The molecule has 6 nitrogen and oxygen atoms in total. The Labute approximate surface area is 188 Å². The molecule has 8 heteroatoms. The second-order valence-corrected chi connectivity index (χ2v) is 7.08. The third-order valence-electron chi connectivity index (χ3n) is 3.86. The van der Waals surface area contributed by atoms with Gasteiger partial charge in [0.05, 0.1) is 13.7 Å². The van der Waals surface area contributed by atoms with Gasteiger partial charge in [-0.15, -0.1) is 35.3 Å². The average Bonchev–Trinajstić information content (AvgIpc) is 3.17. The number of carbonyl (C=O) groups is 1. The van der Waals surface area contributed by atoms with Crippen LogP contribution in [0.5, 0.6) is 5.75 Å². The molecule has 0 unspecified atom stereocenters. The van der Waals surface area contributed by atoms with Gasteiger partial charge in [-0.3, -0.25) is 4.79 Å². The van der Waals surface area contributed by atoms with E-state index in [1.807, 2.05) is 6.92 Å². The van der Waals surface area contributed by atoms with E-state index in [1.54, 1.807) is 42.7 Å². The minimum Gasteiger partial charge on any atom is -0.497 e. The first-order chi connectivity index (χ1) is 13.2. The van der Waals surface area contributed by atoms with Gasteiger partial charge in [0.15, 0.2) is 5.96 Å². The first-order valence-corrected chi connectivity index (χ1v) is 10.00. The highest BCUT2D eigenvalue weighted by Gasteiger charge is 2.05. The van der Waals surface area contributed by atoms with Gasteiger partial charge in [0.1, 0.15) is 5.75 Å². The molecule has 0 saturated heterocycles. The van der Waals surface area contributed by atoms with Gasteiger partial charge in [-0.05, 0) is 49.7 Å². The summed E-state index contributed by atoms with van der Waals surface area (Å²) in [6.07, 6.45) is 1.06. The van der Waals surface area contributed by atoms with Crippen LogP contribution < -0.4 is 20.7 Å². The summed E-state index contributed by atoms with van der Waals surface area (Å²) in [5, 5.41) is 9.36. The minimum atomic E-state index is -0.105. The van der Waals surface area contributed by atoms with Gasteiger partial charge >= 0.3 is 0 Å². The van der Waals surface area contributed by atoms with Gasteiger partial charge < -0.3 is 20.7 Å². The van der Waals surface area contributed by atoms with E-state index in [1.165, 1.54) is 9.75 Å². The Kier molecular flexibility index (Phi) is 11.6. The van der Waals surface area contributed by atoms with Crippen LogP contribution in [-0.2, 0) is 13.0 Å². The average molecular weight is 516 g/mol. The Morgan fingerprint density at radius 1 is 1.00 bits per heavy atom. The van der Waals surface area contributed by atoms with Gasteiger partial charge in [0, 0.05) is 35.0 Å². The van der Waals surface area contributed by atoms with Crippen molar-refractivity contribution in [1.29, 1.82) is 0 Å². The number of aryl methyl sites for hydroxylation is 1. The molecule has 0 aliphatic carbocycles. The number of benzene rings is 1. The van der Waals surface area contributed by atoms with E-state index in [9.17, 15) is 4.79 Å². The first-order valence-electron chi connectivity index (χ1n) is 9.18. The lowest BCUT2D eigenvalue weighted by Gasteiger charge is -2.12. The summed E-state index contributed by atoms with van der Waals surface area (Å²) in [6.45, 7) is 6.73. The predicted octanol–water partition coefficient (Wildman–Crippen LogP) is 3.42. The molecule has 1 amide bonds. The fourth-order valence-corrected chi connectivity index (χ4v) is 3.28. The van der Waals surface area contributed by atoms with E-state index >= 15 is 0 Å². The fraction of sp³-hybridized carbons (Fsp3) is 0.400. The lowest BCUT2D eigenvalue weighted by molar-refractivity contribution is 0.0954. The van der Waals surface area contributed by atoms with Crippen LogP contribution in [0.25, 0.3) is 0 Å². The molecule has 154 valence electrons. The van der Waals surface area contributed by atoms with Gasteiger partial charge in [0.25, 0.3) is 5.91 Å². The van der Waals surface area contributed by atoms with Crippen molar-refractivity contribution in [3.8, 4) is 5.75 Å². The molecule has 2 aromatic rings. The Morgan fingerprint density at radius 2 is 1.68 bits per heavy atom. The Hall–Kier alpha value is -1.81. The standard InChI is InChI=1S/C20H28N4O2S.HI/c1-4-17-10-11-18(27-17)14-24-20(21-5-2)23-13-12-22-19(25)15-6-8-16(26-3)9-7-15;/h6-11H,4-5,12-14H2,1-3H3,(H,22,25)(H2,21,23,24);1H. The number of carbonyl (C=O) groups excluding carboxylic acids is 1. The van der Waals surface area contributed by atoms with Crippen molar-refractivity contribution >= 4 is 47.2 Å². The summed E-state index contributed by atoms with van der Waals surface area (Å²) in [6, 6.07) is 11.3. The van der Waals surface area contributed by atoms with Gasteiger partial charge in [-0.2, -0.15) is 0 Å². The number of nitrogens with one attached hydrogen (secondary N) is 3. The third-order valence-corrected chi connectivity index (χ3v) is 5.07. The molecule has 1 aromatic heterocycles. The second-order valence-electron chi connectivity index (χ2n) is 5.83. The molecular formula is C20H29IN4O2S. The highest BCUT2D eigenvalue weighted by atomic mass is 127. The summed E-state index contributed by atoms with van der Waals surface area (Å²) in [7, 11) is 1.60. The Morgan fingerprint density at radius 3 is 2.29 bits per heavy atom. The van der Waals surface area contributed by atoms with Crippen LogP contribution in [0.15, 0.2) is 41.4 Å². The van der Waals surface area contributed by atoms with Crippen molar-refractivity contribution in [3.05, 3.63) is 51.7 Å². The van der Waals surface area contributed by atoms with E-state index in [4.69, 9.17) is 4.74 Å². The van der Waals surface area contributed by atoms with E-state index in [0.29, 0.717) is 25.2 Å². The number of amides is 1. The molecule has 1 heterocycles. The van der Waals surface area contributed by atoms with Crippen molar-refractivity contribution in [2.24, 2.45) is 4.99 Å². The van der Waals surface area contributed by atoms with Crippen molar-refractivity contribution in [3.63, 3.8) is 0 Å². The number of methoxy groups -OCH3 is 1. The number of thiophene rings is 1. The van der Waals surface area contributed by atoms with Crippen LogP contribution in [-0.4, -0.2) is 38.6 Å². The number of aliphatic imine (C=N–C) groups is 1. The molecule has 0 saturated carbocycles. The Bertz CT molecular complexity index is 747. The van der Waals surface area contributed by atoms with Crippen LogP contribution in [0.4, 0.5) is 0 Å². The van der Waals surface area contributed by atoms with E-state index in [-0.39, 0.29) is 29.9 Å².